The Hall–Kier alpha value is -1.27. The summed E-state index contributed by atoms with van der Waals surface area (Å²) in [4.78, 5) is 2.42. The molecule has 0 aliphatic carbocycles. The Morgan fingerprint density at radius 3 is 2.55 bits per heavy atom. The Kier molecular flexibility index (Phi) is 4.07. The maximum Gasteiger partial charge on any atom is 0.573 e. The summed E-state index contributed by atoms with van der Waals surface area (Å²) in [5.41, 5.74) is 1.42. The molecular weight excluding hydrogens is 293 g/mol. The Morgan fingerprint density at radius 1 is 1.23 bits per heavy atom. The highest BCUT2D eigenvalue weighted by molar-refractivity contribution is 5.29. The average molecular weight is 314 g/mol. The summed E-state index contributed by atoms with van der Waals surface area (Å²) in [6.45, 7) is 6.38. The van der Waals surface area contributed by atoms with Crippen molar-refractivity contribution in [3.8, 4) is 5.75 Å². The second kappa shape index (κ2) is 5.74. The molecule has 6 heteroatoms. The number of benzene rings is 1. The van der Waals surface area contributed by atoms with Gasteiger partial charge in [-0.1, -0.05) is 12.1 Å². The number of halogens is 3. The van der Waals surface area contributed by atoms with Crippen LogP contribution in [0.15, 0.2) is 24.3 Å². The molecule has 0 radical (unpaired) electrons. The fourth-order valence-electron chi connectivity index (χ4n) is 3.60. The fourth-order valence-corrected chi connectivity index (χ4v) is 3.60. The number of alkyl halides is 3. The van der Waals surface area contributed by atoms with Gasteiger partial charge in [0.25, 0.3) is 0 Å². The molecule has 0 saturated carbocycles. The molecule has 2 aliphatic rings. The molecule has 2 unspecified atom stereocenters. The van der Waals surface area contributed by atoms with E-state index in [0.29, 0.717) is 5.41 Å². The third-order valence-electron chi connectivity index (χ3n) is 4.94. The van der Waals surface area contributed by atoms with Crippen molar-refractivity contribution in [1.29, 1.82) is 0 Å². The van der Waals surface area contributed by atoms with Crippen LogP contribution in [-0.4, -0.2) is 37.4 Å². The molecule has 2 aliphatic heterocycles. The maximum atomic E-state index is 12.2. The lowest BCUT2D eigenvalue weighted by Crippen LogP contribution is -2.30. The smallest absolute Gasteiger partial charge is 0.406 e. The van der Waals surface area contributed by atoms with Crippen LogP contribution in [0.1, 0.15) is 31.4 Å². The summed E-state index contributed by atoms with van der Waals surface area (Å²) < 4.78 is 40.5. The zero-order valence-corrected chi connectivity index (χ0v) is 12.6. The molecule has 3 rings (SSSR count). The first-order chi connectivity index (χ1) is 10.4. The first kappa shape index (κ1) is 15.6. The monoisotopic (exact) mass is 314 g/mol. The van der Waals surface area contributed by atoms with Crippen molar-refractivity contribution in [1.82, 2.24) is 10.2 Å². The first-order valence-corrected chi connectivity index (χ1v) is 7.67. The zero-order valence-electron chi connectivity index (χ0n) is 12.6. The summed E-state index contributed by atoms with van der Waals surface area (Å²) in [7, 11) is 0. The third kappa shape index (κ3) is 3.38. The minimum atomic E-state index is -4.63. The number of nitrogens with zero attached hydrogens (tertiary/aromatic N) is 1. The van der Waals surface area contributed by atoms with Crippen molar-refractivity contribution in [3.05, 3.63) is 29.8 Å². The van der Waals surface area contributed by atoms with Crippen LogP contribution in [0.2, 0.25) is 0 Å². The fraction of sp³-hybridized carbons (Fsp3) is 0.625. The van der Waals surface area contributed by atoms with Crippen LogP contribution in [0.25, 0.3) is 0 Å². The molecule has 1 aromatic rings. The molecule has 122 valence electrons. The van der Waals surface area contributed by atoms with Gasteiger partial charge in [-0.25, -0.2) is 0 Å². The zero-order chi connectivity index (χ0) is 15.8. The molecular formula is C16H21F3N2O. The minimum Gasteiger partial charge on any atom is -0.406 e. The van der Waals surface area contributed by atoms with E-state index in [1.807, 2.05) is 0 Å². The summed E-state index contributed by atoms with van der Waals surface area (Å²) >= 11 is 0. The standard InChI is InChI=1S/C16H21F3N2O/c1-12(21-9-7-15(11-21)6-8-20-10-15)13-2-4-14(5-3-13)22-16(17,18)19/h2-5,12,20H,6-11H2,1H3. The molecule has 0 bridgehead atoms. The van der Waals surface area contributed by atoms with Gasteiger partial charge in [0.05, 0.1) is 0 Å². The lowest BCUT2D eigenvalue weighted by Gasteiger charge is -2.28. The second-order valence-corrected chi connectivity index (χ2v) is 6.44. The van der Waals surface area contributed by atoms with Gasteiger partial charge in [-0.15, -0.1) is 13.2 Å². The number of hydrogen-bond donors (Lipinski definition) is 1. The summed E-state index contributed by atoms with van der Waals surface area (Å²) in [5, 5.41) is 3.43. The highest BCUT2D eigenvalue weighted by Crippen LogP contribution is 2.39. The van der Waals surface area contributed by atoms with Gasteiger partial charge in [-0.05, 0) is 56.0 Å². The van der Waals surface area contributed by atoms with Crippen LogP contribution in [0.4, 0.5) is 13.2 Å². The quantitative estimate of drug-likeness (QED) is 0.926. The molecule has 1 N–H and O–H groups in total. The van der Waals surface area contributed by atoms with E-state index in [2.05, 4.69) is 21.9 Å². The summed E-state index contributed by atoms with van der Waals surface area (Å²) in [6, 6.07) is 6.44. The van der Waals surface area contributed by atoms with Gasteiger partial charge >= 0.3 is 6.36 Å². The average Bonchev–Trinajstić information content (AvgIpc) is 3.08. The molecule has 2 heterocycles. The molecule has 2 atom stereocenters. The van der Waals surface area contributed by atoms with Crippen LogP contribution >= 0.6 is 0 Å². The van der Waals surface area contributed by atoms with Crippen LogP contribution < -0.4 is 10.1 Å². The van der Waals surface area contributed by atoms with Crippen molar-refractivity contribution in [2.75, 3.05) is 26.2 Å². The Morgan fingerprint density at radius 2 is 1.95 bits per heavy atom. The Labute approximate surface area is 128 Å². The lowest BCUT2D eigenvalue weighted by atomic mass is 9.86. The van der Waals surface area contributed by atoms with E-state index in [1.54, 1.807) is 12.1 Å². The largest absolute Gasteiger partial charge is 0.573 e. The topological polar surface area (TPSA) is 24.5 Å². The van der Waals surface area contributed by atoms with Crippen LogP contribution in [0, 0.1) is 5.41 Å². The van der Waals surface area contributed by atoms with Gasteiger partial charge in [0.15, 0.2) is 0 Å². The highest BCUT2D eigenvalue weighted by atomic mass is 19.4. The molecule has 0 amide bonds. The predicted octanol–water partition coefficient (Wildman–Crippen LogP) is 3.33. The van der Waals surface area contributed by atoms with Gasteiger partial charge in [-0.2, -0.15) is 0 Å². The molecule has 1 aromatic carbocycles. The van der Waals surface area contributed by atoms with Gasteiger partial charge in [0.1, 0.15) is 5.75 Å². The number of hydrogen-bond acceptors (Lipinski definition) is 3. The molecule has 1 spiro atoms. The second-order valence-electron chi connectivity index (χ2n) is 6.44. The van der Waals surface area contributed by atoms with Gasteiger partial charge < -0.3 is 10.1 Å². The lowest BCUT2D eigenvalue weighted by molar-refractivity contribution is -0.274. The van der Waals surface area contributed by atoms with Crippen molar-refractivity contribution in [2.45, 2.75) is 32.2 Å². The summed E-state index contributed by atoms with van der Waals surface area (Å²) in [5.74, 6) is -0.165. The molecule has 22 heavy (non-hydrogen) atoms. The highest BCUT2D eigenvalue weighted by Gasteiger charge is 2.41. The van der Waals surface area contributed by atoms with E-state index >= 15 is 0 Å². The van der Waals surface area contributed by atoms with Crippen molar-refractivity contribution >= 4 is 0 Å². The van der Waals surface area contributed by atoms with E-state index in [4.69, 9.17) is 0 Å². The third-order valence-corrected chi connectivity index (χ3v) is 4.94. The molecule has 3 nitrogen and oxygen atoms in total. The predicted molar refractivity (Wildman–Crippen MR) is 77.6 cm³/mol. The van der Waals surface area contributed by atoms with Gasteiger partial charge in [0.2, 0.25) is 0 Å². The van der Waals surface area contributed by atoms with Gasteiger partial charge in [0, 0.05) is 19.1 Å². The summed E-state index contributed by atoms with van der Waals surface area (Å²) in [6.07, 6.45) is -2.22. The SMILES string of the molecule is CC(c1ccc(OC(F)(F)F)cc1)N1CCC2(CCNC2)C1. The number of ether oxygens (including phenoxy) is 1. The van der Waals surface area contributed by atoms with Crippen molar-refractivity contribution in [2.24, 2.45) is 5.41 Å². The minimum absolute atomic E-state index is 0.165. The normalized spacial score (nSPS) is 27.5. The Balaban J connectivity index is 1.64. The number of rotatable bonds is 3. The molecule has 0 aromatic heterocycles. The van der Waals surface area contributed by atoms with E-state index in [1.165, 1.54) is 25.0 Å². The Bertz CT molecular complexity index is 509. The van der Waals surface area contributed by atoms with Gasteiger partial charge in [-0.3, -0.25) is 4.90 Å². The van der Waals surface area contributed by atoms with E-state index in [9.17, 15) is 13.2 Å². The number of likely N-dealkylation sites (tertiary alicyclic amines) is 1. The van der Waals surface area contributed by atoms with Crippen LogP contribution in [0.3, 0.4) is 0 Å². The van der Waals surface area contributed by atoms with E-state index in [-0.39, 0.29) is 11.8 Å². The first-order valence-electron chi connectivity index (χ1n) is 7.67. The van der Waals surface area contributed by atoms with Crippen LogP contribution in [-0.2, 0) is 0 Å². The number of nitrogens with one attached hydrogen (secondary N) is 1. The van der Waals surface area contributed by atoms with Crippen molar-refractivity contribution in [3.63, 3.8) is 0 Å². The molecule has 2 fully saturated rings. The maximum absolute atomic E-state index is 12.2. The van der Waals surface area contributed by atoms with E-state index in [0.717, 1.165) is 31.7 Å². The molecule has 2 saturated heterocycles. The van der Waals surface area contributed by atoms with Crippen LogP contribution in [0.5, 0.6) is 5.75 Å². The van der Waals surface area contributed by atoms with E-state index < -0.39 is 6.36 Å². The van der Waals surface area contributed by atoms with Crippen molar-refractivity contribution < 1.29 is 17.9 Å².